The molecule has 0 radical (unpaired) electrons. The van der Waals surface area contributed by atoms with Crippen molar-refractivity contribution in [3.8, 4) is 0 Å². The highest BCUT2D eigenvalue weighted by atomic mass is 28.4. The van der Waals surface area contributed by atoms with Crippen molar-refractivity contribution in [1.82, 2.24) is 0 Å². The van der Waals surface area contributed by atoms with E-state index in [9.17, 15) is 4.79 Å². The van der Waals surface area contributed by atoms with Crippen molar-refractivity contribution in [2.75, 3.05) is 13.2 Å². The van der Waals surface area contributed by atoms with Crippen LogP contribution in [0.25, 0.3) is 0 Å². The molecule has 1 aliphatic heterocycles. The molecule has 1 aromatic carbocycles. The predicted octanol–water partition coefficient (Wildman–Crippen LogP) is 5.22. The predicted molar refractivity (Wildman–Crippen MR) is 113 cm³/mol. The lowest BCUT2D eigenvalue weighted by Gasteiger charge is -2.38. The van der Waals surface area contributed by atoms with Crippen LogP contribution in [0.1, 0.15) is 58.8 Å². The minimum Gasteiger partial charge on any atom is -0.466 e. The summed E-state index contributed by atoms with van der Waals surface area (Å²) in [6, 6.07) is 9.87. The first-order valence-electron chi connectivity index (χ1n) is 10.3. The van der Waals surface area contributed by atoms with E-state index in [1.165, 1.54) is 0 Å². The van der Waals surface area contributed by atoms with Crippen LogP contribution >= 0.6 is 0 Å². The highest BCUT2D eigenvalue weighted by Crippen LogP contribution is 2.37. The molecule has 0 aliphatic carbocycles. The van der Waals surface area contributed by atoms with Crippen molar-refractivity contribution in [3.05, 3.63) is 35.9 Å². The van der Waals surface area contributed by atoms with Gasteiger partial charge in [-0.05, 0) is 31.5 Å². The molecule has 28 heavy (non-hydrogen) atoms. The highest BCUT2D eigenvalue weighted by molar-refractivity contribution is 6.74. The molecule has 1 heterocycles. The quantitative estimate of drug-likeness (QED) is 0.436. The van der Waals surface area contributed by atoms with Crippen LogP contribution in [0.2, 0.25) is 18.1 Å². The number of hydrogen-bond donors (Lipinski definition) is 0. The largest absolute Gasteiger partial charge is 0.466 e. The standard InChI is InChI=1S/C22H36O5Si/c1-7-24-20(23)16-19-15-18(13-14-25-28(5,6)22(2,3)4)26-21(27-19)17-11-9-8-10-12-17/h8-12,18-19,21H,7,13-16H2,1-6H3/t18-,19-,21-/m1/s1. The number of carbonyl (C=O) groups is 1. The average Bonchev–Trinajstić information content (AvgIpc) is 2.61. The molecule has 6 heteroatoms. The molecule has 2 rings (SSSR count). The molecule has 0 bridgehead atoms. The third-order valence-corrected chi connectivity index (χ3v) is 10.2. The molecule has 1 aromatic rings. The lowest BCUT2D eigenvalue weighted by atomic mass is 10.0. The Morgan fingerprint density at radius 1 is 1.14 bits per heavy atom. The second kappa shape index (κ2) is 10.0. The Morgan fingerprint density at radius 2 is 1.79 bits per heavy atom. The number of hydrogen-bond acceptors (Lipinski definition) is 5. The van der Waals surface area contributed by atoms with Gasteiger partial charge in [0, 0.05) is 18.6 Å². The molecule has 0 aromatic heterocycles. The van der Waals surface area contributed by atoms with Crippen molar-refractivity contribution in [2.45, 2.75) is 83.6 Å². The average molecular weight is 409 g/mol. The van der Waals surface area contributed by atoms with Gasteiger partial charge >= 0.3 is 5.97 Å². The molecule has 158 valence electrons. The summed E-state index contributed by atoms with van der Waals surface area (Å²) >= 11 is 0. The summed E-state index contributed by atoms with van der Waals surface area (Å²) < 4.78 is 23.7. The van der Waals surface area contributed by atoms with E-state index in [1.807, 2.05) is 37.3 Å². The number of rotatable bonds is 8. The first-order valence-corrected chi connectivity index (χ1v) is 13.2. The van der Waals surface area contributed by atoms with Gasteiger partial charge in [0.15, 0.2) is 14.6 Å². The summed E-state index contributed by atoms with van der Waals surface area (Å²) in [6.07, 6.45) is 1.02. The molecule has 5 nitrogen and oxygen atoms in total. The highest BCUT2D eigenvalue weighted by Gasteiger charge is 2.38. The molecule has 3 atom stereocenters. The molecular formula is C22H36O5Si. The molecule has 1 saturated heterocycles. The van der Waals surface area contributed by atoms with Gasteiger partial charge in [-0.2, -0.15) is 0 Å². The zero-order chi connectivity index (χ0) is 20.8. The van der Waals surface area contributed by atoms with Crippen LogP contribution in [0.5, 0.6) is 0 Å². The van der Waals surface area contributed by atoms with Gasteiger partial charge in [-0.3, -0.25) is 4.79 Å². The molecule has 0 saturated carbocycles. The van der Waals surface area contributed by atoms with E-state index in [0.29, 0.717) is 19.6 Å². The summed E-state index contributed by atoms with van der Waals surface area (Å²) in [5, 5.41) is 0.183. The fourth-order valence-electron chi connectivity index (χ4n) is 2.94. The van der Waals surface area contributed by atoms with Crippen molar-refractivity contribution in [2.24, 2.45) is 0 Å². The minimum atomic E-state index is -1.79. The summed E-state index contributed by atoms with van der Waals surface area (Å²) in [4.78, 5) is 12.0. The van der Waals surface area contributed by atoms with Gasteiger partial charge in [-0.25, -0.2) is 0 Å². The molecule has 0 unspecified atom stereocenters. The Bertz CT molecular complexity index is 611. The second-order valence-electron chi connectivity index (χ2n) is 8.90. The monoisotopic (exact) mass is 408 g/mol. The summed E-state index contributed by atoms with van der Waals surface area (Å²) in [7, 11) is -1.79. The minimum absolute atomic E-state index is 0.0110. The smallest absolute Gasteiger partial charge is 0.308 e. The van der Waals surface area contributed by atoms with Crippen LogP contribution < -0.4 is 0 Å². The van der Waals surface area contributed by atoms with Crippen molar-refractivity contribution in [3.63, 3.8) is 0 Å². The van der Waals surface area contributed by atoms with E-state index in [2.05, 4.69) is 33.9 Å². The van der Waals surface area contributed by atoms with Gasteiger partial charge < -0.3 is 18.6 Å². The normalized spacial score (nSPS) is 23.4. The fourth-order valence-corrected chi connectivity index (χ4v) is 4.00. The van der Waals surface area contributed by atoms with Crippen LogP contribution in [0.4, 0.5) is 0 Å². The first-order chi connectivity index (χ1) is 13.1. The lowest BCUT2D eigenvalue weighted by Crippen LogP contribution is -2.42. The number of ether oxygens (including phenoxy) is 3. The lowest BCUT2D eigenvalue weighted by molar-refractivity contribution is -0.251. The molecular weight excluding hydrogens is 372 g/mol. The Morgan fingerprint density at radius 3 is 2.39 bits per heavy atom. The van der Waals surface area contributed by atoms with Gasteiger partial charge in [-0.15, -0.1) is 0 Å². The zero-order valence-electron chi connectivity index (χ0n) is 18.2. The summed E-state index contributed by atoms with van der Waals surface area (Å²) in [5.41, 5.74) is 0.964. The molecule has 0 amide bonds. The van der Waals surface area contributed by atoms with E-state index in [0.717, 1.165) is 12.0 Å². The van der Waals surface area contributed by atoms with Gasteiger partial charge in [-0.1, -0.05) is 51.1 Å². The van der Waals surface area contributed by atoms with Crippen molar-refractivity contribution >= 4 is 14.3 Å². The fraction of sp³-hybridized carbons (Fsp3) is 0.682. The van der Waals surface area contributed by atoms with Crippen molar-refractivity contribution < 1.29 is 23.4 Å². The Kier molecular flexibility index (Phi) is 8.25. The molecule has 0 spiro atoms. The maximum atomic E-state index is 12.0. The van der Waals surface area contributed by atoms with E-state index in [4.69, 9.17) is 18.6 Å². The maximum absolute atomic E-state index is 12.0. The number of benzene rings is 1. The second-order valence-corrected chi connectivity index (χ2v) is 13.7. The van der Waals surface area contributed by atoms with Gasteiger partial charge in [0.1, 0.15) is 0 Å². The third-order valence-electron chi connectivity index (χ3n) is 5.64. The van der Waals surface area contributed by atoms with Crippen LogP contribution in [-0.2, 0) is 23.4 Å². The molecule has 1 fully saturated rings. The van der Waals surface area contributed by atoms with Crippen LogP contribution in [0.3, 0.4) is 0 Å². The molecule has 1 aliphatic rings. The first kappa shape index (κ1) is 23.1. The van der Waals surface area contributed by atoms with Crippen molar-refractivity contribution in [1.29, 1.82) is 0 Å². The molecule has 0 N–H and O–H groups in total. The topological polar surface area (TPSA) is 54.0 Å². The van der Waals surface area contributed by atoms with Gasteiger partial charge in [0.05, 0.1) is 25.2 Å². The SMILES string of the molecule is CCOC(=O)C[C@H]1C[C@@H](CCO[Si](C)(C)C(C)(C)C)O[C@@H](c2ccccc2)O1. The summed E-state index contributed by atoms with van der Waals surface area (Å²) in [5.74, 6) is -0.225. The van der Waals surface area contributed by atoms with E-state index in [1.54, 1.807) is 0 Å². The number of carbonyl (C=O) groups excluding carboxylic acids is 1. The Hall–Kier alpha value is -1.21. The van der Waals surface area contributed by atoms with Crippen LogP contribution in [-0.4, -0.2) is 39.7 Å². The van der Waals surface area contributed by atoms with E-state index < -0.39 is 14.6 Å². The third kappa shape index (κ3) is 6.69. The Balaban J connectivity index is 2.00. The number of esters is 1. The summed E-state index contributed by atoms with van der Waals surface area (Å²) in [6.45, 7) is 14.1. The van der Waals surface area contributed by atoms with Crippen LogP contribution in [0.15, 0.2) is 30.3 Å². The van der Waals surface area contributed by atoms with Gasteiger partial charge in [0.25, 0.3) is 0 Å². The van der Waals surface area contributed by atoms with E-state index >= 15 is 0 Å². The Labute approximate surface area is 170 Å². The van der Waals surface area contributed by atoms with E-state index in [-0.39, 0.29) is 29.6 Å². The van der Waals surface area contributed by atoms with Crippen LogP contribution in [0, 0.1) is 0 Å². The zero-order valence-corrected chi connectivity index (χ0v) is 19.2. The van der Waals surface area contributed by atoms with Gasteiger partial charge in [0.2, 0.25) is 0 Å². The maximum Gasteiger partial charge on any atom is 0.308 e.